The highest BCUT2D eigenvalue weighted by atomic mass is 16.5. The number of para-hydroxylation sites is 1. The zero-order valence-electron chi connectivity index (χ0n) is 10.2. The Hall–Kier alpha value is -1.65. The third-order valence-electron chi connectivity index (χ3n) is 3.45. The van der Waals surface area contributed by atoms with Gasteiger partial charge in [-0.3, -0.25) is 4.79 Å². The van der Waals surface area contributed by atoms with E-state index in [1.165, 1.54) is 0 Å². The minimum Gasteiger partial charge on any atom is -0.453 e. The number of furan rings is 1. The van der Waals surface area contributed by atoms with Gasteiger partial charge >= 0.3 is 0 Å². The van der Waals surface area contributed by atoms with Crippen molar-refractivity contribution in [3.8, 4) is 0 Å². The number of hydrogen-bond acceptors (Lipinski definition) is 4. The molecule has 94 valence electrons. The van der Waals surface area contributed by atoms with Crippen LogP contribution in [0.1, 0.15) is 16.1 Å². The lowest BCUT2D eigenvalue weighted by Gasteiger charge is -2.09. The van der Waals surface area contributed by atoms with Gasteiger partial charge in [-0.1, -0.05) is 18.2 Å². The summed E-state index contributed by atoms with van der Waals surface area (Å²) in [5.74, 6) is 0.0340. The van der Waals surface area contributed by atoms with Crippen molar-refractivity contribution in [2.75, 3.05) is 13.2 Å². The first kappa shape index (κ1) is 11.4. The van der Waals surface area contributed by atoms with Gasteiger partial charge in [0.05, 0.1) is 19.1 Å². The Bertz CT molecular complexity index is 602. The highest BCUT2D eigenvalue weighted by molar-refractivity contribution is 6.00. The standard InChI is InChI=1S/C14H15NO3/c1-8-3-2-4-9-5-12(18-14(8)9)13(16)10-6-17-7-11(10)15/h2-5,10-11H,6-7,15H2,1H3. The number of benzene rings is 1. The van der Waals surface area contributed by atoms with E-state index in [1.54, 1.807) is 6.07 Å². The number of rotatable bonds is 2. The maximum atomic E-state index is 12.3. The van der Waals surface area contributed by atoms with Crippen LogP contribution < -0.4 is 5.73 Å². The number of carbonyl (C=O) groups is 1. The Kier molecular flexibility index (Phi) is 2.69. The Morgan fingerprint density at radius 2 is 2.22 bits per heavy atom. The quantitative estimate of drug-likeness (QED) is 0.821. The highest BCUT2D eigenvalue weighted by Crippen LogP contribution is 2.26. The molecule has 3 rings (SSSR count). The molecule has 18 heavy (non-hydrogen) atoms. The minimum atomic E-state index is -0.286. The molecule has 1 aromatic heterocycles. The van der Waals surface area contributed by atoms with Crippen molar-refractivity contribution in [3.05, 3.63) is 35.6 Å². The number of carbonyl (C=O) groups excluding carboxylic acids is 1. The number of nitrogens with two attached hydrogens (primary N) is 1. The smallest absolute Gasteiger partial charge is 0.205 e. The average molecular weight is 245 g/mol. The van der Waals surface area contributed by atoms with Crippen LogP contribution in [0, 0.1) is 12.8 Å². The summed E-state index contributed by atoms with van der Waals surface area (Å²) in [4.78, 5) is 12.3. The van der Waals surface area contributed by atoms with Gasteiger partial charge in [-0.2, -0.15) is 0 Å². The molecule has 0 saturated carbocycles. The van der Waals surface area contributed by atoms with E-state index in [0.717, 1.165) is 16.5 Å². The van der Waals surface area contributed by atoms with Crippen LogP contribution >= 0.6 is 0 Å². The van der Waals surface area contributed by atoms with E-state index in [1.807, 2.05) is 25.1 Å². The molecule has 0 radical (unpaired) electrons. The third kappa shape index (κ3) is 1.74. The molecule has 1 fully saturated rings. The van der Waals surface area contributed by atoms with Crippen LogP contribution in [0.15, 0.2) is 28.7 Å². The van der Waals surface area contributed by atoms with E-state index in [9.17, 15) is 4.79 Å². The molecule has 1 aromatic carbocycles. The Balaban J connectivity index is 1.99. The number of ketones is 1. The molecule has 2 aromatic rings. The van der Waals surface area contributed by atoms with Crippen LogP contribution in [0.4, 0.5) is 0 Å². The van der Waals surface area contributed by atoms with Gasteiger partial charge in [0.25, 0.3) is 0 Å². The molecular formula is C14H15NO3. The Morgan fingerprint density at radius 3 is 2.89 bits per heavy atom. The molecule has 2 atom stereocenters. The summed E-state index contributed by atoms with van der Waals surface area (Å²) < 4.78 is 10.9. The van der Waals surface area contributed by atoms with E-state index in [0.29, 0.717) is 19.0 Å². The lowest BCUT2D eigenvalue weighted by molar-refractivity contribution is 0.0870. The van der Waals surface area contributed by atoms with Crippen molar-refractivity contribution in [2.24, 2.45) is 11.7 Å². The second-order valence-corrected chi connectivity index (χ2v) is 4.78. The van der Waals surface area contributed by atoms with E-state index in [2.05, 4.69) is 0 Å². The number of ether oxygens (including phenoxy) is 1. The van der Waals surface area contributed by atoms with Crippen LogP contribution in [-0.4, -0.2) is 25.0 Å². The van der Waals surface area contributed by atoms with Gasteiger partial charge in [0, 0.05) is 11.4 Å². The van der Waals surface area contributed by atoms with Crippen LogP contribution in [0.3, 0.4) is 0 Å². The molecule has 2 heterocycles. The van der Waals surface area contributed by atoms with E-state index in [4.69, 9.17) is 14.9 Å². The summed E-state index contributed by atoms with van der Waals surface area (Å²) in [6, 6.07) is 7.41. The van der Waals surface area contributed by atoms with Crippen molar-refractivity contribution in [1.82, 2.24) is 0 Å². The molecule has 0 aliphatic carbocycles. The van der Waals surface area contributed by atoms with Gasteiger partial charge in [-0.25, -0.2) is 0 Å². The summed E-state index contributed by atoms with van der Waals surface area (Å²) in [6.45, 7) is 2.79. The molecule has 1 aliphatic heterocycles. The number of fused-ring (bicyclic) bond motifs is 1. The van der Waals surface area contributed by atoms with Crippen molar-refractivity contribution >= 4 is 16.8 Å². The van der Waals surface area contributed by atoms with Crippen molar-refractivity contribution < 1.29 is 13.9 Å². The first-order valence-electron chi connectivity index (χ1n) is 6.03. The summed E-state index contributed by atoms with van der Waals surface area (Å²) >= 11 is 0. The minimum absolute atomic E-state index is 0.0596. The molecule has 0 amide bonds. The van der Waals surface area contributed by atoms with Gasteiger partial charge < -0.3 is 14.9 Å². The predicted octanol–water partition coefficient (Wildman–Crippen LogP) is 1.90. The van der Waals surface area contributed by atoms with Gasteiger partial charge in [0.15, 0.2) is 5.76 Å². The summed E-state index contributed by atoms with van der Waals surface area (Å²) in [5.41, 5.74) is 7.65. The lowest BCUT2D eigenvalue weighted by Crippen LogP contribution is -2.33. The van der Waals surface area contributed by atoms with E-state index < -0.39 is 0 Å². The SMILES string of the molecule is Cc1cccc2cc(C(=O)C3COCC3N)oc12. The molecule has 0 bridgehead atoms. The molecule has 1 saturated heterocycles. The fraction of sp³-hybridized carbons (Fsp3) is 0.357. The fourth-order valence-corrected chi connectivity index (χ4v) is 2.35. The molecule has 2 unspecified atom stereocenters. The summed E-state index contributed by atoms with van der Waals surface area (Å²) in [5, 5.41) is 0.950. The van der Waals surface area contributed by atoms with E-state index in [-0.39, 0.29) is 17.7 Å². The number of Topliss-reactive ketones (excluding diaryl/α,β-unsaturated/α-hetero) is 1. The topological polar surface area (TPSA) is 65.5 Å². The first-order valence-corrected chi connectivity index (χ1v) is 6.03. The molecule has 2 N–H and O–H groups in total. The van der Waals surface area contributed by atoms with Crippen LogP contribution in [0.25, 0.3) is 11.0 Å². The first-order chi connectivity index (χ1) is 8.66. The third-order valence-corrected chi connectivity index (χ3v) is 3.45. The maximum Gasteiger partial charge on any atom is 0.205 e. The largest absolute Gasteiger partial charge is 0.453 e. The second-order valence-electron chi connectivity index (χ2n) is 4.78. The van der Waals surface area contributed by atoms with Gasteiger partial charge in [0.2, 0.25) is 5.78 Å². The zero-order chi connectivity index (χ0) is 12.7. The van der Waals surface area contributed by atoms with Crippen molar-refractivity contribution in [1.29, 1.82) is 0 Å². The predicted molar refractivity (Wildman–Crippen MR) is 67.6 cm³/mol. The summed E-state index contributed by atoms with van der Waals surface area (Å²) in [7, 11) is 0. The number of aryl methyl sites for hydroxylation is 1. The van der Waals surface area contributed by atoms with Crippen LogP contribution in [0.2, 0.25) is 0 Å². The van der Waals surface area contributed by atoms with Crippen molar-refractivity contribution in [3.63, 3.8) is 0 Å². The lowest BCUT2D eigenvalue weighted by atomic mass is 9.97. The van der Waals surface area contributed by atoms with E-state index >= 15 is 0 Å². The van der Waals surface area contributed by atoms with Crippen molar-refractivity contribution in [2.45, 2.75) is 13.0 Å². The normalized spacial score (nSPS) is 23.7. The second kappa shape index (κ2) is 4.23. The highest BCUT2D eigenvalue weighted by Gasteiger charge is 2.33. The molecular weight excluding hydrogens is 230 g/mol. The number of hydrogen-bond donors (Lipinski definition) is 1. The molecule has 4 heteroatoms. The molecule has 4 nitrogen and oxygen atoms in total. The fourth-order valence-electron chi connectivity index (χ4n) is 2.35. The van der Waals surface area contributed by atoms with Gasteiger partial charge in [0.1, 0.15) is 5.58 Å². The van der Waals surface area contributed by atoms with Crippen LogP contribution in [0.5, 0.6) is 0 Å². The summed E-state index contributed by atoms with van der Waals surface area (Å²) in [6.07, 6.45) is 0. The van der Waals surface area contributed by atoms with Gasteiger partial charge in [-0.15, -0.1) is 0 Å². The Morgan fingerprint density at radius 1 is 1.39 bits per heavy atom. The zero-order valence-corrected chi connectivity index (χ0v) is 10.2. The molecule has 0 spiro atoms. The monoisotopic (exact) mass is 245 g/mol. The molecule has 1 aliphatic rings. The van der Waals surface area contributed by atoms with Crippen LogP contribution in [-0.2, 0) is 4.74 Å². The van der Waals surface area contributed by atoms with Gasteiger partial charge in [-0.05, 0) is 18.6 Å². The average Bonchev–Trinajstić information content (AvgIpc) is 2.95. The Labute approximate surface area is 105 Å². The maximum absolute atomic E-state index is 12.3.